The second kappa shape index (κ2) is 14.3. The van der Waals surface area contributed by atoms with E-state index in [0.29, 0.717) is 16.9 Å². The van der Waals surface area contributed by atoms with Gasteiger partial charge in [-0.25, -0.2) is 8.42 Å². The van der Waals surface area contributed by atoms with Crippen LogP contribution in [0.3, 0.4) is 0 Å². The predicted molar refractivity (Wildman–Crippen MR) is 163 cm³/mol. The largest absolute Gasteiger partial charge is 0.494 e. The van der Waals surface area contributed by atoms with Crippen molar-refractivity contribution in [3.63, 3.8) is 0 Å². The van der Waals surface area contributed by atoms with Crippen LogP contribution in [0.5, 0.6) is 11.5 Å². The van der Waals surface area contributed by atoms with E-state index in [1.54, 1.807) is 38.1 Å². The average Bonchev–Trinajstić information content (AvgIpc) is 3.32. The number of carbonyl (C=O) groups is 1. The number of nitrogens with one attached hydrogen (secondary N) is 1. The first-order valence-electron chi connectivity index (χ1n) is 14.8. The van der Waals surface area contributed by atoms with Crippen LogP contribution in [0.4, 0.5) is 22.0 Å². The van der Waals surface area contributed by atoms with Gasteiger partial charge in [-0.1, -0.05) is 12.1 Å². The smallest absolute Gasteiger partial charge is 0.453 e. The molecule has 0 radical (unpaired) electrons. The number of ether oxygens (including phenoxy) is 2. The van der Waals surface area contributed by atoms with Crippen molar-refractivity contribution in [1.82, 2.24) is 9.62 Å². The van der Waals surface area contributed by atoms with Gasteiger partial charge in [0.25, 0.3) is 5.91 Å². The molecule has 3 N–H and O–H groups in total. The molecule has 1 saturated heterocycles. The number of alkyl halides is 5. The highest BCUT2D eigenvalue weighted by Crippen LogP contribution is 2.39. The standard InChI is InChI=1S/C31H36F5N3O7S/c1-20-15-25(46-19-23(41)18-40)16-21(2)26(20)7-14-47(43,44)39-11-9-29(10-12-39)28(42)37-27(38-29)22-5-3-6-24(17-22)45-13-4-8-30(32,33)31(34,35)36/h3,5-7,14-17,23,40-41H,4,8-13,18-19H2,1-2H3,(H,37,38,42)/t23-/m1/s1. The molecule has 2 aromatic carbocycles. The maximum absolute atomic E-state index is 13.2. The van der Waals surface area contributed by atoms with Gasteiger partial charge >= 0.3 is 12.1 Å². The zero-order valence-corrected chi connectivity index (χ0v) is 26.5. The van der Waals surface area contributed by atoms with Crippen LogP contribution < -0.4 is 14.8 Å². The first-order chi connectivity index (χ1) is 22.0. The third kappa shape index (κ3) is 8.66. The summed E-state index contributed by atoms with van der Waals surface area (Å²) < 4.78 is 102. The Bertz CT molecular complexity index is 1600. The van der Waals surface area contributed by atoms with Crippen molar-refractivity contribution < 1.29 is 54.9 Å². The average molecular weight is 690 g/mol. The number of aryl methyl sites for hydroxylation is 2. The van der Waals surface area contributed by atoms with E-state index in [-0.39, 0.29) is 50.7 Å². The fourth-order valence-corrected chi connectivity index (χ4v) is 6.40. The number of aliphatic hydroxyl groups is 2. The molecule has 10 nitrogen and oxygen atoms in total. The van der Waals surface area contributed by atoms with Gasteiger partial charge in [-0.3, -0.25) is 9.79 Å². The fourth-order valence-electron chi connectivity index (χ4n) is 5.23. The van der Waals surface area contributed by atoms with Crippen molar-refractivity contribution in [3.8, 4) is 11.5 Å². The van der Waals surface area contributed by atoms with Crippen molar-refractivity contribution in [2.24, 2.45) is 4.99 Å². The van der Waals surface area contributed by atoms with Crippen molar-refractivity contribution in [1.29, 1.82) is 0 Å². The van der Waals surface area contributed by atoms with Crippen LogP contribution in [0.2, 0.25) is 0 Å². The lowest BCUT2D eigenvalue weighted by molar-refractivity contribution is -0.284. The second-order valence-electron chi connectivity index (χ2n) is 11.5. The fraction of sp³-hybridized carbons (Fsp3) is 0.484. The number of hydrogen-bond acceptors (Lipinski definition) is 8. The van der Waals surface area contributed by atoms with E-state index in [0.717, 1.165) is 16.5 Å². The molecule has 0 bridgehead atoms. The SMILES string of the molecule is Cc1cc(OC[C@H](O)CO)cc(C)c1C=CS(=O)(=O)N1CCC2(CC1)N=C(c1cccc(OCCCC(F)(F)C(F)(F)F)c1)NC2=O. The van der Waals surface area contributed by atoms with E-state index in [2.05, 4.69) is 10.3 Å². The molecule has 16 heteroatoms. The quantitative estimate of drug-likeness (QED) is 0.213. The Morgan fingerprint density at radius 2 is 1.72 bits per heavy atom. The number of aliphatic imine (C=N–C) groups is 1. The zero-order chi connectivity index (χ0) is 34.6. The maximum Gasteiger partial charge on any atom is 0.453 e. The summed E-state index contributed by atoms with van der Waals surface area (Å²) in [5.41, 5.74) is 1.39. The van der Waals surface area contributed by atoms with Gasteiger partial charge < -0.3 is 25.0 Å². The number of nitrogens with zero attached hydrogens (tertiary/aromatic N) is 2. The molecule has 2 aliphatic rings. The van der Waals surface area contributed by atoms with Crippen LogP contribution in [0, 0.1) is 13.8 Å². The number of hydrogen-bond donors (Lipinski definition) is 3. The van der Waals surface area contributed by atoms with E-state index >= 15 is 0 Å². The molecule has 1 spiro atoms. The van der Waals surface area contributed by atoms with Gasteiger partial charge in [0.1, 0.15) is 35.6 Å². The van der Waals surface area contributed by atoms with Gasteiger partial charge in [-0.05, 0) is 80.1 Å². The Labute approximate surface area is 268 Å². The van der Waals surface area contributed by atoms with Crippen LogP contribution in [-0.4, -0.2) is 91.3 Å². The lowest BCUT2D eigenvalue weighted by Gasteiger charge is -2.34. The molecule has 0 aliphatic carbocycles. The van der Waals surface area contributed by atoms with E-state index < -0.39 is 59.1 Å². The number of benzene rings is 2. The van der Waals surface area contributed by atoms with Crippen LogP contribution in [0.25, 0.3) is 6.08 Å². The number of aliphatic hydroxyl groups excluding tert-OH is 2. The van der Waals surface area contributed by atoms with Gasteiger partial charge in [-0.2, -0.15) is 26.3 Å². The summed E-state index contributed by atoms with van der Waals surface area (Å²) in [6.07, 6.45) is -6.88. The number of sulfonamides is 1. The van der Waals surface area contributed by atoms with Gasteiger partial charge in [-0.15, -0.1) is 0 Å². The van der Waals surface area contributed by atoms with Crippen LogP contribution in [0.15, 0.2) is 46.8 Å². The van der Waals surface area contributed by atoms with Crippen molar-refractivity contribution in [2.45, 2.75) is 63.3 Å². The van der Waals surface area contributed by atoms with Gasteiger partial charge in [0.2, 0.25) is 10.0 Å². The Morgan fingerprint density at radius 1 is 1.06 bits per heavy atom. The third-order valence-electron chi connectivity index (χ3n) is 7.94. The third-order valence-corrected chi connectivity index (χ3v) is 9.51. The molecule has 0 unspecified atom stereocenters. The van der Waals surface area contributed by atoms with Crippen LogP contribution in [-0.2, 0) is 14.8 Å². The number of rotatable bonds is 13. The molecule has 1 fully saturated rings. The summed E-state index contributed by atoms with van der Waals surface area (Å²) in [6.45, 7) is 2.71. The molecular weight excluding hydrogens is 653 g/mol. The summed E-state index contributed by atoms with van der Waals surface area (Å²) in [5.74, 6) is -4.34. The van der Waals surface area contributed by atoms with Crippen molar-refractivity contribution >= 4 is 27.8 Å². The Kier molecular flexibility index (Phi) is 11.0. The van der Waals surface area contributed by atoms with E-state index in [1.165, 1.54) is 22.5 Å². The summed E-state index contributed by atoms with van der Waals surface area (Å²) in [7, 11) is -3.86. The lowest BCUT2D eigenvalue weighted by atomic mass is 9.89. The second-order valence-corrected chi connectivity index (χ2v) is 13.3. The Hall–Kier alpha value is -3.60. The Balaban J connectivity index is 1.37. The van der Waals surface area contributed by atoms with Gasteiger partial charge in [0, 0.05) is 30.5 Å². The summed E-state index contributed by atoms with van der Waals surface area (Å²) in [6, 6.07) is 9.54. The molecule has 2 heterocycles. The maximum atomic E-state index is 13.2. The Morgan fingerprint density at radius 3 is 2.34 bits per heavy atom. The molecule has 1 amide bonds. The van der Waals surface area contributed by atoms with E-state index in [1.807, 2.05) is 0 Å². The highest BCUT2D eigenvalue weighted by Gasteiger charge is 2.56. The zero-order valence-electron chi connectivity index (χ0n) is 25.7. The minimum atomic E-state index is -5.63. The number of piperidine rings is 1. The first kappa shape index (κ1) is 36.2. The predicted octanol–water partition coefficient (Wildman–Crippen LogP) is 4.10. The van der Waals surface area contributed by atoms with Crippen LogP contribution >= 0.6 is 0 Å². The molecule has 0 aromatic heterocycles. The minimum Gasteiger partial charge on any atom is -0.494 e. The van der Waals surface area contributed by atoms with Crippen molar-refractivity contribution in [3.05, 3.63) is 64.1 Å². The highest BCUT2D eigenvalue weighted by molar-refractivity contribution is 7.92. The van der Waals surface area contributed by atoms with E-state index in [4.69, 9.17) is 14.6 Å². The summed E-state index contributed by atoms with van der Waals surface area (Å²) in [5, 5.41) is 22.3. The van der Waals surface area contributed by atoms with Crippen LogP contribution in [0.1, 0.15) is 47.9 Å². The number of amides is 1. The molecule has 2 aliphatic heterocycles. The molecular formula is C31H36F5N3O7S. The topological polar surface area (TPSA) is 138 Å². The summed E-state index contributed by atoms with van der Waals surface area (Å²) in [4.78, 5) is 17.6. The normalized spacial score (nSPS) is 18.0. The van der Waals surface area contributed by atoms with Gasteiger partial charge in [0.15, 0.2) is 0 Å². The van der Waals surface area contributed by atoms with Gasteiger partial charge in [0.05, 0.1) is 13.2 Å². The molecule has 4 rings (SSSR count). The molecule has 47 heavy (non-hydrogen) atoms. The van der Waals surface area contributed by atoms with Crippen molar-refractivity contribution in [2.75, 3.05) is 32.9 Å². The molecule has 0 saturated carbocycles. The summed E-state index contributed by atoms with van der Waals surface area (Å²) >= 11 is 0. The monoisotopic (exact) mass is 689 g/mol. The number of carbonyl (C=O) groups excluding carboxylic acids is 1. The van der Waals surface area contributed by atoms with E-state index in [9.17, 15) is 40.3 Å². The number of amidine groups is 1. The molecule has 258 valence electrons. The highest BCUT2D eigenvalue weighted by atomic mass is 32.2. The number of halogens is 5. The lowest BCUT2D eigenvalue weighted by Crippen LogP contribution is -2.50. The first-order valence-corrected chi connectivity index (χ1v) is 16.3. The minimum absolute atomic E-state index is 0.0283. The molecule has 1 atom stereocenters. The molecule has 2 aromatic rings.